The number of hydrogen-bond acceptors (Lipinski definition) is 3. The molecule has 2 aromatic carbocycles. The maximum atomic E-state index is 12.9. The standard InChI is InChI=1S/C23H23NO2/c1-22(2,3)23(4,5)26-21(25)19(14-24)20-17-12-8-6-10-15(17)16-11-7-9-13-18(16)20/h6-13H,1-5H3. The van der Waals surface area contributed by atoms with Gasteiger partial charge in [-0.2, -0.15) is 5.26 Å². The molecule has 0 unspecified atom stereocenters. The first-order chi connectivity index (χ1) is 12.2. The Labute approximate surface area is 154 Å². The summed E-state index contributed by atoms with van der Waals surface area (Å²) >= 11 is 0. The highest BCUT2D eigenvalue weighted by atomic mass is 16.6. The number of nitriles is 1. The molecular weight excluding hydrogens is 322 g/mol. The highest BCUT2D eigenvalue weighted by molar-refractivity contribution is 6.12. The SMILES string of the molecule is CC(C)(C)C(C)(C)OC(=O)C(C#N)=C1c2ccccc2-c2ccccc21. The minimum absolute atomic E-state index is 0.0553. The lowest BCUT2D eigenvalue weighted by Crippen LogP contribution is -2.41. The van der Waals surface area contributed by atoms with E-state index >= 15 is 0 Å². The summed E-state index contributed by atoms with van der Waals surface area (Å²) in [5.74, 6) is -0.575. The molecule has 2 aromatic rings. The van der Waals surface area contributed by atoms with Gasteiger partial charge in [-0.3, -0.25) is 0 Å². The van der Waals surface area contributed by atoms with Crippen LogP contribution in [0.15, 0.2) is 54.1 Å². The Bertz CT molecular complexity index is 905. The van der Waals surface area contributed by atoms with E-state index in [0.29, 0.717) is 5.57 Å². The average molecular weight is 345 g/mol. The Hall–Kier alpha value is -2.86. The van der Waals surface area contributed by atoms with Gasteiger partial charge >= 0.3 is 5.97 Å². The maximum Gasteiger partial charge on any atom is 0.350 e. The van der Waals surface area contributed by atoms with Crippen LogP contribution in [0, 0.1) is 16.7 Å². The second kappa shape index (κ2) is 6.14. The van der Waals surface area contributed by atoms with Crippen molar-refractivity contribution in [3.05, 3.63) is 65.2 Å². The molecule has 0 amide bonds. The molecule has 3 nitrogen and oxygen atoms in total. The van der Waals surface area contributed by atoms with Crippen molar-refractivity contribution in [2.75, 3.05) is 0 Å². The summed E-state index contributed by atoms with van der Waals surface area (Å²) in [5.41, 5.74) is 3.63. The summed E-state index contributed by atoms with van der Waals surface area (Å²) in [6.45, 7) is 9.79. The molecule has 0 bridgehead atoms. The highest BCUT2D eigenvalue weighted by Gasteiger charge is 2.38. The molecule has 132 valence electrons. The predicted molar refractivity (Wildman–Crippen MR) is 103 cm³/mol. The molecule has 0 saturated carbocycles. The van der Waals surface area contributed by atoms with Crippen molar-refractivity contribution in [1.82, 2.24) is 0 Å². The van der Waals surface area contributed by atoms with Crippen LogP contribution in [0.25, 0.3) is 16.7 Å². The van der Waals surface area contributed by atoms with Gasteiger partial charge in [0, 0.05) is 11.0 Å². The van der Waals surface area contributed by atoms with Crippen LogP contribution in [-0.2, 0) is 9.53 Å². The van der Waals surface area contributed by atoms with Crippen molar-refractivity contribution in [2.24, 2.45) is 5.41 Å². The van der Waals surface area contributed by atoms with Gasteiger partial charge in [-0.05, 0) is 36.1 Å². The number of benzene rings is 2. The molecule has 3 rings (SSSR count). The van der Waals surface area contributed by atoms with Crippen LogP contribution in [0.3, 0.4) is 0 Å². The van der Waals surface area contributed by atoms with Gasteiger partial charge in [-0.25, -0.2) is 4.79 Å². The number of esters is 1. The fraction of sp³-hybridized carbons (Fsp3) is 0.304. The molecule has 0 radical (unpaired) electrons. The number of nitrogens with zero attached hydrogens (tertiary/aromatic N) is 1. The summed E-state index contributed by atoms with van der Waals surface area (Å²) < 4.78 is 5.78. The van der Waals surface area contributed by atoms with Gasteiger partial charge in [0.05, 0.1) is 0 Å². The lowest BCUT2D eigenvalue weighted by molar-refractivity contribution is -0.161. The van der Waals surface area contributed by atoms with Gasteiger partial charge in [0.15, 0.2) is 0 Å². The number of carbonyl (C=O) groups excluding carboxylic acids is 1. The first kappa shape index (κ1) is 17.9. The van der Waals surface area contributed by atoms with Crippen LogP contribution < -0.4 is 0 Å². The zero-order chi connectivity index (χ0) is 19.1. The van der Waals surface area contributed by atoms with Crippen molar-refractivity contribution >= 4 is 11.5 Å². The third-order valence-corrected chi connectivity index (χ3v) is 5.40. The van der Waals surface area contributed by atoms with E-state index in [9.17, 15) is 10.1 Å². The molecule has 1 aliphatic rings. The third kappa shape index (κ3) is 2.82. The summed E-state index contributed by atoms with van der Waals surface area (Å²) in [6, 6.07) is 17.8. The van der Waals surface area contributed by atoms with Crippen LogP contribution in [0.5, 0.6) is 0 Å². The maximum absolute atomic E-state index is 12.9. The second-order valence-corrected chi connectivity index (χ2v) is 8.10. The fourth-order valence-corrected chi connectivity index (χ4v) is 2.93. The Kier molecular flexibility index (Phi) is 4.24. The van der Waals surface area contributed by atoms with Gasteiger partial charge in [-0.1, -0.05) is 69.3 Å². The molecular formula is C23H23NO2. The van der Waals surface area contributed by atoms with Crippen molar-refractivity contribution in [1.29, 1.82) is 5.26 Å². The first-order valence-corrected chi connectivity index (χ1v) is 8.74. The zero-order valence-electron chi connectivity index (χ0n) is 15.9. The van der Waals surface area contributed by atoms with E-state index < -0.39 is 11.6 Å². The topological polar surface area (TPSA) is 50.1 Å². The highest BCUT2D eigenvalue weighted by Crippen LogP contribution is 2.45. The monoisotopic (exact) mass is 345 g/mol. The molecule has 0 aromatic heterocycles. The Morgan fingerprint density at radius 1 is 0.846 bits per heavy atom. The number of fused-ring (bicyclic) bond motifs is 3. The van der Waals surface area contributed by atoms with Crippen LogP contribution >= 0.6 is 0 Å². The first-order valence-electron chi connectivity index (χ1n) is 8.74. The molecule has 0 atom stereocenters. The number of carbonyl (C=O) groups is 1. The average Bonchev–Trinajstić information content (AvgIpc) is 2.89. The van der Waals surface area contributed by atoms with Crippen LogP contribution in [0.4, 0.5) is 0 Å². The molecule has 0 spiro atoms. The van der Waals surface area contributed by atoms with Gasteiger partial charge in [0.25, 0.3) is 0 Å². The van der Waals surface area contributed by atoms with Gasteiger partial charge in [0.2, 0.25) is 0 Å². The molecule has 0 saturated heterocycles. The molecule has 3 heteroatoms. The van der Waals surface area contributed by atoms with Crippen LogP contribution in [-0.4, -0.2) is 11.6 Å². The number of hydrogen-bond donors (Lipinski definition) is 0. The Morgan fingerprint density at radius 2 is 1.27 bits per heavy atom. The smallest absolute Gasteiger partial charge is 0.350 e. The van der Waals surface area contributed by atoms with E-state index in [1.54, 1.807) is 0 Å². The minimum Gasteiger partial charge on any atom is -0.455 e. The molecule has 0 aliphatic heterocycles. The normalized spacial score (nSPS) is 12.8. The fourth-order valence-electron chi connectivity index (χ4n) is 2.93. The molecule has 0 fully saturated rings. The summed E-state index contributed by atoms with van der Waals surface area (Å²) in [5, 5.41) is 9.80. The summed E-state index contributed by atoms with van der Waals surface area (Å²) in [7, 11) is 0. The molecule has 1 aliphatic carbocycles. The van der Waals surface area contributed by atoms with E-state index in [4.69, 9.17) is 4.74 Å². The second-order valence-electron chi connectivity index (χ2n) is 8.10. The predicted octanol–water partition coefficient (Wildman–Crippen LogP) is 5.36. The summed E-state index contributed by atoms with van der Waals surface area (Å²) in [6.07, 6.45) is 0. The molecule has 0 heterocycles. The lowest BCUT2D eigenvalue weighted by Gasteiger charge is -2.38. The summed E-state index contributed by atoms with van der Waals surface area (Å²) in [4.78, 5) is 12.9. The van der Waals surface area contributed by atoms with Crippen molar-refractivity contribution in [3.8, 4) is 17.2 Å². The van der Waals surface area contributed by atoms with Gasteiger partial charge in [0.1, 0.15) is 17.2 Å². The Morgan fingerprint density at radius 3 is 1.65 bits per heavy atom. The van der Waals surface area contributed by atoms with Crippen LogP contribution in [0.1, 0.15) is 45.7 Å². The van der Waals surface area contributed by atoms with Crippen molar-refractivity contribution < 1.29 is 9.53 Å². The largest absolute Gasteiger partial charge is 0.455 e. The Balaban J connectivity index is 2.16. The van der Waals surface area contributed by atoms with Gasteiger partial charge < -0.3 is 4.74 Å². The van der Waals surface area contributed by atoms with Gasteiger partial charge in [-0.15, -0.1) is 0 Å². The number of ether oxygens (including phenoxy) is 1. The van der Waals surface area contributed by atoms with E-state index in [0.717, 1.165) is 22.3 Å². The molecule has 0 N–H and O–H groups in total. The lowest BCUT2D eigenvalue weighted by atomic mass is 9.79. The van der Waals surface area contributed by atoms with E-state index in [2.05, 4.69) is 6.07 Å². The van der Waals surface area contributed by atoms with Crippen molar-refractivity contribution in [2.45, 2.75) is 40.2 Å². The van der Waals surface area contributed by atoms with E-state index in [1.807, 2.05) is 83.1 Å². The van der Waals surface area contributed by atoms with Crippen LogP contribution in [0.2, 0.25) is 0 Å². The quantitative estimate of drug-likeness (QED) is 0.357. The third-order valence-electron chi connectivity index (χ3n) is 5.40. The zero-order valence-corrected chi connectivity index (χ0v) is 15.9. The van der Waals surface area contributed by atoms with Crippen molar-refractivity contribution in [3.63, 3.8) is 0 Å². The van der Waals surface area contributed by atoms with E-state index in [1.165, 1.54) is 0 Å². The minimum atomic E-state index is -0.704. The molecule has 26 heavy (non-hydrogen) atoms. The van der Waals surface area contributed by atoms with E-state index in [-0.39, 0.29) is 11.0 Å². The number of rotatable bonds is 2.